The normalized spacial score (nSPS) is 18.8. The number of fused-ring (bicyclic) bond motifs is 2. The van der Waals surface area contributed by atoms with E-state index in [1.165, 1.54) is 28.7 Å². The molecule has 1 unspecified atom stereocenters. The number of ether oxygens (including phenoxy) is 1. The van der Waals surface area contributed by atoms with Crippen molar-refractivity contribution < 1.29 is 29.0 Å². The maximum Gasteiger partial charge on any atom is -2.00 e. The zero-order valence-electron chi connectivity index (χ0n) is 25.4. The number of anilines is 1. The van der Waals surface area contributed by atoms with Crippen molar-refractivity contribution in [1.29, 1.82) is 0 Å². The average Bonchev–Trinajstić information content (AvgIpc) is 3.59. The van der Waals surface area contributed by atoms with Crippen LogP contribution in [-0.4, -0.2) is 85.3 Å². The van der Waals surface area contributed by atoms with Gasteiger partial charge in [0.05, 0.1) is 0 Å². The van der Waals surface area contributed by atoms with Gasteiger partial charge >= 0.3 is 187 Å². The fourth-order valence-electron chi connectivity index (χ4n) is 7.08. The van der Waals surface area contributed by atoms with Crippen LogP contribution >= 0.6 is 0 Å². The van der Waals surface area contributed by atoms with Crippen molar-refractivity contribution >= 4 is 39.9 Å². The number of halogens is 1. The molecule has 4 aliphatic heterocycles. The minimum absolute atomic E-state index is 0. The molecule has 0 aliphatic carbocycles. The van der Waals surface area contributed by atoms with Crippen LogP contribution in [0.4, 0.5) is 14.9 Å². The summed E-state index contributed by atoms with van der Waals surface area (Å²) in [6.45, 7) is 9.62. The number of aryl methyl sites for hydroxylation is 1. The minimum Gasteiger partial charge on any atom is -2.00 e. The summed E-state index contributed by atoms with van der Waals surface area (Å²) >= 11 is 1.47. The number of nitrogens with zero attached hydrogens (tertiary/aromatic N) is 5. The zero-order valence-corrected chi connectivity index (χ0v) is 25.4. The number of carbonyl (C=O) groups is 3. The Morgan fingerprint density at radius 2 is 1.77 bits per heavy atom. The van der Waals surface area contributed by atoms with Gasteiger partial charge in [0.25, 0.3) is 0 Å². The van der Waals surface area contributed by atoms with Gasteiger partial charge in [0.2, 0.25) is 0 Å². The van der Waals surface area contributed by atoms with Gasteiger partial charge < -0.3 is 15.1 Å². The van der Waals surface area contributed by atoms with Gasteiger partial charge in [-0.15, -0.1) is 0 Å². The van der Waals surface area contributed by atoms with Crippen LogP contribution in [-0.2, 0) is 34.5 Å². The van der Waals surface area contributed by atoms with E-state index in [4.69, 9.17) is 4.74 Å². The largest absolute Gasteiger partial charge is 2.00 e. The number of rotatable bonds is 5. The number of imidazole rings is 1. The smallest absolute Gasteiger partial charge is 2.00 e. The molecule has 0 saturated carbocycles. The van der Waals surface area contributed by atoms with Crippen LogP contribution in [0.1, 0.15) is 60.5 Å². The standard InChI is InChI=1S/C32H33FN5O4.Li.O/c1-31(2,3)42-30(41)37-17-32(18-37)15-36(16-32)22-8-6-20(7-9-22)21-11-23-24(25(33)12-21)13-38(29(23)40)27(14-39)28-26-5-4-10-35(26)19-34-28;;/h6-9,11-12,19,27H,4-5,10,13,15-18H2,1-3H3;;/q;;-2. The maximum atomic E-state index is 15.5. The summed E-state index contributed by atoms with van der Waals surface area (Å²) in [6, 6.07) is 10.3. The van der Waals surface area contributed by atoms with Crippen molar-refractivity contribution in [2.45, 2.75) is 58.3 Å². The van der Waals surface area contributed by atoms with E-state index in [2.05, 4.69) is 9.88 Å². The first-order valence-corrected chi connectivity index (χ1v) is 14.9. The Kier molecular flexibility index (Phi) is 7.43. The van der Waals surface area contributed by atoms with E-state index in [-0.39, 0.29) is 33.9 Å². The third-order valence-corrected chi connectivity index (χ3v) is 9.08. The van der Waals surface area contributed by atoms with Crippen LogP contribution in [0.2, 0.25) is 0 Å². The first-order valence-electron chi connectivity index (χ1n) is 14.9. The third-order valence-electron chi connectivity index (χ3n) is 9.08. The van der Waals surface area contributed by atoms with Gasteiger partial charge in [-0.1, -0.05) is 0 Å². The fraction of sp³-hybridized carbons (Fsp3) is 0.438. The quantitative estimate of drug-likeness (QED) is 0.414. The molecule has 3 aromatic rings. The van der Waals surface area contributed by atoms with Crippen molar-refractivity contribution in [2.75, 3.05) is 31.1 Å². The third kappa shape index (κ3) is 5.11. The predicted molar refractivity (Wildman–Crippen MR) is 159 cm³/mol. The van der Waals surface area contributed by atoms with Crippen LogP contribution < -0.4 is 4.90 Å². The van der Waals surface area contributed by atoms with Crippen LogP contribution in [0.15, 0.2) is 42.7 Å². The second-order valence-electron chi connectivity index (χ2n) is 13.5. The van der Waals surface area contributed by atoms with Gasteiger partial charge in [-0.3, -0.25) is 0 Å². The topological polar surface area (TPSA) is 116 Å². The summed E-state index contributed by atoms with van der Waals surface area (Å²) in [5.74, 6) is -0.798. The SMILES string of the molecule is [Li][C](=O)C(c1ncn2c1CCC2)N1Cc2c(F)cc(-c3ccc(N4CC5(CN(C(=O)OC(C)(C)C)C5)C4)cc3)cc2C1=O.[O-2]. The molecule has 2 amide bonds. The van der Waals surface area contributed by atoms with E-state index in [0.717, 1.165) is 49.4 Å². The molecule has 0 radical (unpaired) electrons. The van der Waals surface area contributed by atoms with Gasteiger partial charge in [-0.2, -0.15) is 0 Å². The summed E-state index contributed by atoms with van der Waals surface area (Å²) in [7, 11) is 0. The number of hydrogen-bond acceptors (Lipinski definition) is 6. The molecular formula is C32H33FLiN5O5-2. The zero-order chi connectivity index (χ0) is 30.3. The Labute approximate surface area is 264 Å². The van der Waals surface area contributed by atoms with Crippen molar-refractivity contribution in [2.24, 2.45) is 5.41 Å². The van der Waals surface area contributed by atoms with Crippen molar-refractivity contribution in [3.8, 4) is 11.1 Å². The summed E-state index contributed by atoms with van der Waals surface area (Å²) in [6.07, 6.45) is 3.26. The van der Waals surface area contributed by atoms with Crippen LogP contribution in [0.3, 0.4) is 0 Å². The summed E-state index contributed by atoms with van der Waals surface area (Å²) in [4.78, 5) is 48.7. The van der Waals surface area contributed by atoms with Gasteiger partial charge in [-0.05, 0) is 20.8 Å². The molecule has 1 aromatic heterocycles. The molecule has 1 spiro atoms. The van der Waals surface area contributed by atoms with Gasteiger partial charge in [0.1, 0.15) is 5.60 Å². The summed E-state index contributed by atoms with van der Waals surface area (Å²) in [5, 5.41) is 0. The van der Waals surface area contributed by atoms with Gasteiger partial charge in [0, 0.05) is 31.6 Å². The molecule has 12 heteroatoms. The Balaban J connectivity index is 0.00000343. The van der Waals surface area contributed by atoms with Crippen LogP contribution in [0, 0.1) is 11.2 Å². The predicted octanol–water partition coefficient (Wildman–Crippen LogP) is 3.97. The number of benzene rings is 2. The Morgan fingerprint density at radius 1 is 1.07 bits per heavy atom. The van der Waals surface area contributed by atoms with Crippen molar-refractivity contribution in [3.63, 3.8) is 0 Å². The average molecular weight is 594 g/mol. The van der Waals surface area contributed by atoms with E-state index in [9.17, 15) is 14.4 Å². The summed E-state index contributed by atoms with van der Waals surface area (Å²) < 4.78 is 22.8. The van der Waals surface area contributed by atoms with Gasteiger partial charge in [-0.25, -0.2) is 4.79 Å². The summed E-state index contributed by atoms with van der Waals surface area (Å²) in [5.41, 5.74) is 4.30. The maximum absolute atomic E-state index is 15.5. The second kappa shape index (κ2) is 10.8. The number of hydrogen-bond donors (Lipinski definition) is 0. The van der Waals surface area contributed by atoms with E-state index >= 15 is 4.39 Å². The number of likely N-dealkylation sites (tertiary alicyclic amines) is 1. The molecule has 1 atom stereocenters. The fourth-order valence-corrected chi connectivity index (χ4v) is 7.08. The molecule has 2 fully saturated rings. The minimum atomic E-state index is -0.830. The molecule has 7 rings (SSSR count). The first-order chi connectivity index (χ1) is 20.4. The number of amides is 2. The first kappa shape index (κ1) is 30.4. The molecular weight excluding hydrogens is 560 g/mol. The molecule has 2 aromatic carbocycles. The van der Waals surface area contributed by atoms with E-state index in [1.807, 2.05) is 49.6 Å². The number of aromatic nitrogens is 2. The van der Waals surface area contributed by atoms with E-state index in [0.29, 0.717) is 35.5 Å². The number of carbonyl (C=O) groups excluding carboxylic acids is 3. The Morgan fingerprint density at radius 3 is 2.43 bits per heavy atom. The molecule has 226 valence electrons. The molecule has 10 nitrogen and oxygen atoms in total. The van der Waals surface area contributed by atoms with Gasteiger partial charge in [0.15, 0.2) is 0 Å². The van der Waals surface area contributed by atoms with Crippen molar-refractivity contribution in [3.05, 3.63) is 71.1 Å². The molecule has 0 N–H and O–H groups in total. The monoisotopic (exact) mass is 593 g/mol. The second-order valence-corrected chi connectivity index (χ2v) is 13.5. The van der Waals surface area contributed by atoms with Crippen LogP contribution in [0.25, 0.3) is 11.1 Å². The molecule has 44 heavy (non-hydrogen) atoms. The Hall–Kier alpha value is -3.65. The van der Waals surface area contributed by atoms with Crippen LogP contribution in [0.5, 0.6) is 0 Å². The van der Waals surface area contributed by atoms with E-state index < -0.39 is 17.5 Å². The molecule has 5 heterocycles. The van der Waals surface area contributed by atoms with E-state index in [1.54, 1.807) is 17.3 Å². The Bertz CT molecular complexity index is 1650. The molecule has 2 saturated heterocycles. The molecule has 4 aliphatic rings. The van der Waals surface area contributed by atoms with Crippen molar-refractivity contribution in [1.82, 2.24) is 19.4 Å². The molecule has 0 bridgehead atoms.